The average molecular weight is 383 g/mol. The van der Waals surface area contributed by atoms with Crippen LogP contribution in [0.25, 0.3) is 0 Å². The highest BCUT2D eigenvalue weighted by Crippen LogP contribution is 2.29. The number of aromatic nitrogens is 2. The molecule has 0 radical (unpaired) electrons. The van der Waals surface area contributed by atoms with Crippen LogP contribution in [-0.4, -0.2) is 51.5 Å². The van der Waals surface area contributed by atoms with Gasteiger partial charge >= 0.3 is 0 Å². The van der Waals surface area contributed by atoms with Crippen molar-refractivity contribution in [3.63, 3.8) is 0 Å². The van der Waals surface area contributed by atoms with Gasteiger partial charge in [-0.2, -0.15) is 0 Å². The molecule has 0 bridgehead atoms. The van der Waals surface area contributed by atoms with Crippen molar-refractivity contribution in [3.8, 4) is 11.5 Å². The topological polar surface area (TPSA) is 59.8 Å². The molecule has 1 aliphatic heterocycles. The number of ether oxygens (including phenoxy) is 2. The second-order valence-electron chi connectivity index (χ2n) is 7.20. The molecule has 0 aliphatic carbocycles. The Balaban J connectivity index is 1.61. The van der Waals surface area contributed by atoms with Gasteiger partial charge in [-0.25, -0.2) is 4.98 Å². The summed E-state index contributed by atoms with van der Waals surface area (Å²) in [7, 11) is 0. The van der Waals surface area contributed by atoms with Crippen LogP contribution in [-0.2, 0) is 13.1 Å². The summed E-state index contributed by atoms with van der Waals surface area (Å²) in [5.41, 5.74) is 0.426. The van der Waals surface area contributed by atoms with Crippen molar-refractivity contribution in [3.05, 3.63) is 67.8 Å². The van der Waals surface area contributed by atoms with E-state index in [-0.39, 0.29) is 0 Å². The fourth-order valence-corrected chi connectivity index (χ4v) is 3.44. The smallest absolute Gasteiger partial charge is 0.127 e. The largest absolute Gasteiger partial charge is 0.489 e. The Hall–Kier alpha value is -2.57. The van der Waals surface area contributed by atoms with E-state index < -0.39 is 5.60 Å². The summed E-state index contributed by atoms with van der Waals surface area (Å²) in [5, 5.41) is 10.9. The molecule has 0 saturated carbocycles. The first-order valence-electron chi connectivity index (χ1n) is 9.63. The van der Waals surface area contributed by atoms with Crippen molar-refractivity contribution < 1.29 is 14.6 Å². The maximum atomic E-state index is 10.9. The van der Waals surface area contributed by atoms with Crippen LogP contribution < -0.4 is 9.47 Å². The van der Waals surface area contributed by atoms with E-state index in [0.717, 1.165) is 49.5 Å². The number of hydrogen-bond donors (Lipinski definition) is 1. The lowest BCUT2D eigenvalue weighted by Gasteiger charge is -2.38. The summed E-state index contributed by atoms with van der Waals surface area (Å²) >= 11 is 0. The molecule has 6 heteroatoms. The van der Waals surface area contributed by atoms with E-state index >= 15 is 0 Å². The van der Waals surface area contributed by atoms with Gasteiger partial charge in [0, 0.05) is 43.7 Å². The molecule has 1 fully saturated rings. The predicted octanol–water partition coefficient (Wildman–Crippen LogP) is 3.04. The molecule has 1 N–H and O–H groups in total. The number of nitrogens with zero attached hydrogens (tertiary/aromatic N) is 3. The Kier molecular flexibility index (Phi) is 6.90. The molecule has 1 aliphatic rings. The Morgan fingerprint density at radius 2 is 1.89 bits per heavy atom. The minimum absolute atomic E-state index is 0.447. The lowest BCUT2D eigenvalue weighted by molar-refractivity contribution is -0.0358. The molecule has 0 amide bonds. The molecule has 1 aromatic carbocycles. The minimum Gasteiger partial charge on any atom is -0.489 e. The molecular weight excluding hydrogens is 354 g/mol. The Morgan fingerprint density at radius 1 is 1.14 bits per heavy atom. The number of imidazole rings is 1. The molecule has 0 spiro atoms. The number of hydrogen-bond acceptors (Lipinski definition) is 5. The highest BCUT2D eigenvalue weighted by atomic mass is 16.5. The fourth-order valence-electron chi connectivity index (χ4n) is 3.44. The Labute approximate surface area is 166 Å². The molecule has 150 valence electrons. The zero-order chi connectivity index (χ0) is 19.8. The number of likely N-dealkylation sites (tertiary alicyclic amines) is 1. The van der Waals surface area contributed by atoms with Crippen molar-refractivity contribution in [1.29, 1.82) is 0 Å². The molecule has 2 aromatic rings. The van der Waals surface area contributed by atoms with E-state index in [1.54, 1.807) is 24.7 Å². The summed E-state index contributed by atoms with van der Waals surface area (Å²) in [5.74, 6) is 1.57. The van der Waals surface area contributed by atoms with Gasteiger partial charge in [0.25, 0.3) is 0 Å². The third-order valence-electron chi connectivity index (χ3n) is 4.98. The van der Waals surface area contributed by atoms with Gasteiger partial charge < -0.3 is 19.1 Å². The number of aliphatic hydroxyl groups is 1. The van der Waals surface area contributed by atoms with Crippen molar-refractivity contribution in [2.24, 2.45) is 0 Å². The van der Waals surface area contributed by atoms with Crippen molar-refractivity contribution >= 4 is 0 Å². The maximum absolute atomic E-state index is 10.9. The van der Waals surface area contributed by atoms with E-state index in [2.05, 4.69) is 23.0 Å². The van der Waals surface area contributed by atoms with E-state index in [0.29, 0.717) is 19.8 Å². The molecule has 1 saturated heterocycles. The average Bonchev–Trinajstić information content (AvgIpc) is 3.20. The van der Waals surface area contributed by atoms with Gasteiger partial charge in [0.05, 0.1) is 18.5 Å². The van der Waals surface area contributed by atoms with Gasteiger partial charge in [-0.1, -0.05) is 31.4 Å². The maximum Gasteiger partial charge on any atom is 0.127 e. The number of benzene rings is 1. The van der Waals surface area contributed by atoms with E-state index in [4.69, 9.17) is 9.47 Å². The van der Waals surface area contributed by atoms with Crippen molar-refractivity contribution in [1.82, 2.24) is 14.5 Å². The molecule has 28 heavy (non-hydrogen) atoms. The van der Waals surface area contributed by atoms with Crippen LogP contribution in [0.2, 0.25) is 0 Å². The third-order valence-corrected chi connectivity index (χ3v) is 4.98. The van der Waals surface area contributed by atoms with E-state index in [9.17, 15) is 5.11 Å². The minimum atomic E-state index is -0.679. The molecular formula is C22H29N3O3. The number of rotatable bonds is 10. The van der Waals surface area contributed by atoms with Crippen LogP contribution in [0.15, 0.2) is 62.2 Å². The highest BCUT2D eigenvalue weighted by molar-refractivity contribution is 5.41. The Bertz CT molecular complexity index is 765. The summed E-state index contributed by atoms with van der Waals surface area (Å²) in [4.78, 5) is 6.40. The predicted molar refractivity (Wildman–Crippen MR) is 110 cm³/mol. The first-order valence-corrected chi connectivity index (χ1v) is 9.63. The number of piperidine rings is 1. The lowest BCUT2D eigenvalue weighted by Crippen LogP contribution is -2.46. The first kappa shape index (κ1) is 20.2. The summed E-state index contributed by atoms with van der Waals surface area (Å²) < 4.78 is 13.4. The van der Waals surface area contributed by atoms with Crippen LogP contribution >= 0.6 is 0 Å². The van der Waals surface area contributed by atoms with Crippen LogP contribution in [0.5, 0.6) is 11.5 Å². The zero-order valence-corrected chi connectivity index (χ0v) is 16.3. The SMILES string of the molecule is C=CCOc1ccc(CN2CCC(O)(Cn3ccnc3)CC2)c(OCC=C)c1. The second-order valence-corrected chi connectivity index (χ2v) is 7.20. The zero-order valence-electron chi connectivity index (χ0n) is 16.3. The van der Waals surface area contributed by atoms with E-state index in [1.165, 1.54) is 0 Å². The van der Waals surface area contributed by atoms with Gasteiger partial charge in [-0.15, -0.1) is 0 Å². The highest BCUT2D eigenvalue weighted by Gasteiger charge is 2.32. The van der Waals surface area contributed by atoms with Crippen molar-refractivity contribution in [2.45, 2.75) is 31.5 Å². The van der Waals surface area contributed by atoms with Gasteiger partial charge in [0.15, 0.2) is 0 Å². The third kappa shape index (κ3) is 5.47. The van der Waals surface area contributed by atoms with Crippen LogP contribution in [0.4, 0.5) is 0 Å². The lowest BCUT2D eigenvalue weighted by atomic mass is 9.91. The van der Waals surface area contributed by atoms with Crippen LogP contribution in [0.1, 0.15) is 18.4 Å². The quantitative estimate of drug-likeness (QED) is 0.639. The molecule has 0 unspecified atom stereocenters. The summed E-state index contributed by atoms with van der Waals surface area (Å²) in [6, 6.07) is 5.92. The van der Waals surface area contributed by atoms with E-state index in [1.807, 2.05) is 29.0 Å². The van der Waals surface area contributed by atoms with Crippen LogP contribution in [0, 0.1) is 0 Å². The van der Waals surface area contributed by atoms with Crippen molar-refractivity contribution in [2.75, 3.05) is 26.3 Å². The summed E-state index contributed by atoms with van der Waals surface area (Å²) in [6.07, 6.45) is 10.3. The molecule has 6 nitrogen and oxygen atoms in total. The standard InChI is InChI=1S/C22H29N3O3/c1-3-13-27-20-6-5-19(21(15-20)28-14-4-2)16-24-10-7-22(26,8-11-24)17-25-12-9-23-18-25/h3-6,9,12,15,18,26H,1-2,7-8,10-11,13-14,16-17H2. The molecule has 1 aromatic heterocycles. The fraction of sp³-hybridized carbons (Fsp3) is 0.409. The first-order chi connectivity index (χ1) is 13.6. The molecule has 2 heterocycles. The van der Waals surface area contributed by atoms with Gasteiger partial charge in [-0.05, 0) is 18.9 Å². The van der Waals surface area contributed by atoms with Gasteiger partial charge in [0.1, 0.15) is 24.7 Å². The summed E-state index contributed by atoms with van der Waals surface area (Å²) in [6.45, 7) is 11.3. The molecule has 3 rings (SSSR count). The van der Waals surface area contributed by atoms with Gasteiger partial charge in [0.2, 0.25) is 0 Å². The normalized spacial score (nSPS) is 16.5. The van der Waals surface area contributed by atoms with Crippen LogP contribution in [0.3, 0.4) is 0 Å². The second kappa shape index (κ2) is 9.57. The Morgan fingerprint density at radius 3 is 2.57 bits per heavy atom. The van der Waals surface area contributed by atoms with Gasteiger partial charge in [-0.3, -0.25) is 4.90 Å². The molecule has 0 atom stereocenters. The monoisotopic (exact) mass is 383 g/mol.